The molecule has 0 aromatic heterocycles. The number of hydrogen-bond donors (Lipinski definition) is 1. The minimum Gasteiger partial charge on any atom is -0.492 e. The van der Waals surface area contributed by atoms with Crippen LogP contribution in [0.15, 0.2) is 21.1 Å². The molecule has 1 rings (SSSR count). The van der Waals surface area contributed by atoms with Crippen LogP contribution in [0.25, 0.3) is 0 Å². The molecule has 1 aromatic rings. The Bertz CT molecular complexity index is 457. The Morgan fingerprint density at radius 3 is 2.68 bits per heavy atom. The van der Waals surface area contributed by atoms with Crippen molar-refractivity contribution < 1.29 is 4.74 Å². The van der Waals surface area contributed by atoms with Crippen molar-refractivity contribution in [3.8, 4) is 11.8 Å². The molecule has 104 valence electrons. The molecular weight excluding hydrogens is 372 g/mol. The number of hydrogen-bond acceptors (Lipinski definition) is 3. The number of halogens is 2. The summed E-state index contributed by atoms with van der Waals surface area (Å²) in [6, 6.07) is 6.44. The van der Waals surface area contributed by atoms with Crippen LogP contribution >= 0.6 is 31.9 Å². The summed E-state index contributed by atoms with van der Waals surface area (Å²) in [7, 11) is 0. The Labute approximate surface area is 131 Å². The van der Waals surface area contributed by atoms with Crippen molar-refractivity contribution in [2.75, 3.05) is 6.61 Å². The van der Waals surface area contributed by atoms with E-state index in [0.717, 1.165) is 26.7 Å². The van der Waals surface area contributed by atoms with E-state index in [1.165, 1.54) is 0 Å². The molecule has 1 unspecified atom stereocenters. The van der Waals surface area contributed by atoms with Gasteiger partial charge in [0.15, 0.2) is 0 Å². The van der Waals surface area contributed by atoms with Crippen LogP contribution in [-0.2, 0) is 6.54 Å². The highest BCUT2D eigenvalue weighted by molar-refractivity contribution is 9.11. The van der Waals surface area contributed by atoms with E-state index in [9.17, 15) is 0 Å². The molecule has 5 heteroatoms. The van der Waals surface area contributed by atoms with Gasteiger partial charge in [0.2, 0.25) is 0 Å². The number of nitrogens with zero attached hydrogens (tertiary/aromatic N) is 1. The van der Waals surface area contributed by atoms with Crippen LogP contribution in [0, 0.1) is 11.3 Å². The third-order valence-corrected chi connectivity index (χ3v) is 3.83. The van der Waals surface area contributed by atoms with Crippen molar-refractivity contribution >= 4 is 31.9 Å². The highest BCUT2D eigenvalue weighted by Gasteiger charge is 2.12. The summed E-state index contributed by atoms with van der Waals surface area (Å²) in [6.07, 6.45) is 1.46. The molecule has 0 fully saturated rings. The summed E-state index contributed by atoms with van der Waals surface area (Å²) in [6.45, 7) is 5.36. The normalized spacial score (nSPS) is 11.9. The fourth-order valence-corrected chi connectivity index (χ4v) is 3.20. The standard InChI is InChI=1S/C14H18Br2N2O/c1-3-12(5-6-17)18-9-10-7-11(15)8-13(16)14(10)19-4-2/h7-8,12,18H,3-5,9H2,1-2H3. The number of nitriles is 1. The van der Waals surface area contributed by atoms with E-state index in [-0.39, 0.29) is 6.04 Å². The lowest BCUT2D eigenvalue weighted by molar-refractivity contribution is 0.332. The summed E-state index contributed by atoms with van der Waals surface area (Å²) in [5, 5.41) is 12.2. The van der Waals surface area contributed by atoms with Gasteiger partial charge in [-0.3, -0.25) is 0 Å². The predicted molar refractivity (Wildman–Crippen MR) is 84.2 cm³/mol. The van der Waals surface area contributed by atoms with Crippen molar-refractivity contribution in [2.24, 2.45) is 0 Å². The zero-order valence-electron chi connectivity index (χ0n) is 11.2. The van der Waals surface area contributed by atoms with E-state index >= 15 is 0 Å². The Hall–Kier alpha value is -0.570. The van der Waals surface area contributed by atoms with Crippen LogP contribution < -0.4 is 10.1 Å². The van der Waals surface area contributed by atoms with Crippen molar-refractivity contribution in [3.05, 3.63) is 26.6 Å². The van der Waals surface area contributed by atoms with Crippen LogP contribution in [0.3, 0.4) is 0 Å². The first kappa shape index (κ1) is 16.5. The molecular formula is C14H18Br2N2O. The van der Waals surface area contributed by atoms with Crippen LogP contribution in [-0.4, -0.2) is 12.6 Å². The molecule has 0 bridgehead atoms. The van der Waals surface area contributed by atoms with Crippen molar-refractivity contribution in [1.82, 2.24) is 5.32 Å². The van der Waals surface area contributed by atoms with Crippen LogP contribution in [0.1, 0.15) is 32.3 Å². The molecule has 1 aromatic carbocycles. The molecule has 0 aliphatic rings. The summed E-state index contributed by atoms with van der Waals surface area (Å²) in [5.74, 6) is 0.866. The van der Waals surface area contributed by atoms with Crippen LogP contribution in [0.4, 0.5) is 0 Å². The second kappa shape index (κ2) is 8.57. The predicted octanol–water partition coefficient (Wildman–Crippen LogP) is 4.39. The number of benzene rings is 1. The fraction of sp³-hybridized carbons (Fsp3) is 0.500. The van der Waals surface area contributed by atoms with Gasteiger partial charge in [-0.15, -0.1) is 0 Å². The monoisotopic (exact) mass is 388 g/mol. The quantitative estimate of drug-likeness (QED) is 0.751. The maximum Gasteiger partial charge on any atom is 0.138 e. The second-order valence-corrected chi connectivity index (χ2v) is 5.93. The molecule has 1 N–H and O–H groups in total. The first-order chi connectivity index (χ1) is 9.12. The van der Waals surface area contributed by atoms with E-state index in [2.05, 4.69) is 50.2 Å². The second-order valence-electron chi connectivity index (χ2n) is 4.16. The fourth-order valence-electron chi connectivity index (χ4n) is 1.78. The number of nitrogens with one attached hydrogen (secondary N) is 1. The first-order valence-corrected chi connectivity index (χ1v) is 7.92. The van der Waals surface area contributed by atoms with Gasteiger partial charge in [-0.2, -0.15) is 5.26 Å². The first-order valence-electron chi connectivity index (χ1n) is 6.33. The Balaban J connectivity index is 2.84. The molecule has 0 heterocycles. The van der Waals surface area contributed by atoms with Crippen molar-refractivity contribution in [1.29, 1.82) is 5.26 Å². The zero-order valence-corrected chi connectivity index (χ0v) is 14.3. The van der Waals surface area contributed by atoms with E-state index in [4.69, 9.17) is 10.00 Å². The third kappa shape index (κ3) is 5.13. The van der Waals surface area contributed by atoms with Crippen LogP contribution in [0.2, 0.25) is 0 Å². The minimum atomic E-state index is 0.220. The highest BCUT2D eigenvalue weighted by atomic mass is 79.9. The minimum absolute atomic E-state index is 0.220. The lowest BCUT2D eigenvalue weighted by Gasteiger charge is -2.17. The molecule has 0 amide bonds. The number of ether oxygens (including phenoxy) is 1. The lowest BCUT2D eigenvalue weighted by atomic mass is 10.1. The Morgan fingerprint density at radius 1 is 1.37 bits per heavy atom. The van der Waals surface area contributed by atoms with Gasteiger partial charge in [-0.05, 0) is 41.4 Å². The Kier molecular flexibility index (Phi) is 7.44. The maximum absolute atomic E-state index is 8.76. The summed E-state index contributed by atoms with van der Waals surface area (Å²) >= 11 is 7.01. The molecule has 0 spiro atoms. The van der Waals surface area contributed by atoms with Gasteiger partial charge in [0.25, 0.3) is 0 Å². The van der Waals surface area contributed by atoms with Gasteiger partial charge >= 0.3 is 0 Å². The van der Waals surface area contributed by atoms with E-state index in [1.807, 2.05) is 19.1 Å². The lowest BCUT2D eigenvalue weighted by Crippen LogP contribution is -2.27. The molecule has 0 aliphatic carbocycles. The average molecular weight is 390 g/mol. The van der Waals surface area contributed by atoms with E-state index < -0.39 is 0 Å². The van der Waals surface area contributed by atoms with Gasteiger partial charge in [0.05, 0.1) is 23.6 Å². The van der Waals surface area contributed by atoms with E-state index in [0.29, 0.717) is 19.6 Å². The third-order valence-electron chi connectivity index (χ3n) is 2.79. The van der Waals surface area contributed by atoms with Gasteiger partial charge < -0.3 is 10.1 Å². The molecule has 0 aliphatic heterocycles. The summed E-state index contributed by atoms with van der Waals surface area (Å²) < 4.78 is 7.62. The molecule has 0 radical (unpaired) electrons. The van der Waals surface area contributed by atoms with Crippen LogP contribution in [0.5, 0.6) is 5.75 Å². The maximum atomic E-state index is 8.76. The molecule has 0 saturated heterocycles. The van der Waals surface area contributed by atoms with Crippen molar-refractivity contribution in [2.45, 2.75) is 39.3 Å². The van der Waals surface area contributed by atoms with Gasteiger partial charge in [-0.1, -0.05) is 22.9 Å². The van der Waals surface area contributed by atoms with Gasteiger partial charge in [0.1, 0.15) is 5.75 Å². The molecule has 1 atom stereocenters. The van der Waals surface area contributed by atoms with E-state index in [1.54, 1.807) is 0 Å². The largest absolute Gasteiger partial charge is 0.492 e. The smallest absolute Gasteiger partial charge is 0.138 e. The molecule has 19 heavy (non-hydrogen) atoms. The summed E-state index contributed by atoms with van der Waals surface area (Å²) in [5.41, 5.74) is 1.08. The SMILES string of the molecule is CCOc1c(Br)cc(Br)cc1CNC(CC)CC#N. The topological polar surface area (TPSA) is 45.0 Å². The van der Waals surface area contributed by atoms with Gasteiger partial charge in [0, 0.05) is 22.6 Å². The highest BCUT2D eigenvalue weighted by Crippen LogP contribution is 2.33. The summed E-state index contributed by atoms with van der Waals surface area (Å²) in [4.78, 5) is 0. The molecule has 0 saturated carbocycles. The van der Waals surface area contributed by atoms with Gasteiger partial charge in [-0.25, -0.2) is 0 Å². The average Bonchev–Trinajstić information content (AvgIpc) is 2.38. The number of rotatable bonds is 7. The zero-order chi connectivity index (χ0) is 14.3. The molecule has 3 nitrogen and oxygen atoms in total. The Morgan fingerprint density at radius 2 is 2.11 bits per heavy atom. The van der Waals surface area contributed by atoms with Crippen molar-refractivity contribution in [3.63, 3.8) is 0 Å².